The summed E-state index contributed by atoms with van der Waals surface area (Å²) in [4.78, 5) is 0. The van der Waals surface area contributed by atoms with Crippen molar-refractivity contribution in [3.05, 3.63) is 51.2 Å². The van der Waals surface area contributed by atoms with Crippen LogP contribution in [0.4, 0.5) is 0 Å². The highest BCUT2D eigenvalue weighted by Crippen LogP contribution is 2.28. The van der Waals surface area contributed by atoms with Gasteiger partial charge in [0.1, 0.15) is 0 Å². The number of nitrogens with zero attached hydrogens (tertiary/aromatic N) is 2. The van der Waals surface area contributed by atoms with Crippen LogP contribution in [0.15, 0.2) is 35.1 Å². The molecule has 0 fully saturated rings. The average molecular weight is 357 g/mol. The van der Waals surface area contributed by atoms with E-state index in [-0.39, 0.29) is 6.04 Å². The topological polar surface area (TPSA) is 29.9 Å². The first kappa shape index (κ1) is 15.5. The molecule has 1 heterocycles. The standard InChI is InChI=1S/C15H19BrClN3/c1-3-5-18-15(12-9-19-20(4-2)10-12)11-6-13(16)8-14(17)7-11/h6-10,15,18H,3-5H2,1-2H3. The van der Waals surface area contributed by atoms with Gasteiger partial charge in [-0.3, -0.25) is 4.68 Å². The molecule has 0 aliphatic carbocycles. The highest BCUT2D eigenvalue weighted by atomic mass is 79.9. The van der Waals surface area contributed by atoms with Crippen LogP contribution in [0.2, 0.25) is 5.02 Å². The lowest BCUT2D eigenvalue weighted by Gasteiger charge is -2.18. The highest BCUT2D eigenvalue weighted by molar-refractivity contribution is 9.10. The number of hydrogen-bond donors (Lipinski definition) is 1. The van der Waals surface area contributed by atoms with Gasteiger partial charge in [-0.05, 0) is 43.7 Å². The Morgan fingerprint density at radius 3 is 2.70 bits per heavy atom. The van der Waals surface area contributed by atoms with Gasteiger partial charge >= 0.3 is 0 Å². The third kappa shape index (κ3) is 3.84. The van der Waals surface area contributed by atoms with Gasteiger partial charge < -0.3 is 5.32 Å². The van der Waals surface area contributed by atoms with Crippen LogP contribution in [0, 0.1) is 0 Å². The molecule has 1 atom stereocenters. The Morgan fingerprint density at radius 1 is 1.30 bits per heavy atom. The van der Waals surface area contributed by atoms with Crippen molar-refractivity contribution in [3.63, 3.8) is 0 Å². The predicted octanol–water partition coefficient (Wildman–Crippen LogP) is 4.41. The van der Waals surface area contributed by atoms with Crippen LogP contribution in [0.1, 0.15) is 37.4 Å². The molecule has 0 aliphatic heterocycles. The van der Waals surface area contributed by atoms with Gasteiger partial charge in [0.05, 0.1) is 12.2 Å². The van der Waals surface area contributed by atoms with Gasteiger partial charge in [-0.15, -0.1) is 0 Å². The maximum absolute atomic E-state index is 6.17. The number of aryl methyl sites for hydroxylation is 1. The number of nitrogens with one attached hydrogen (secondary N) is 1. The molecule has 0 aliphatic rings. The third-order valence-electron chi connectivity index (χ3n) is 3.13. The molecule has 1 N–H and O–H groups in total. The Kier molecular flexibility index (Phi) is 5.64. The zero-order chi connectivity index (χ0) is 14.5. The van der Waals surface area contributed by atoms with E-state index in [1.165, 1.54) is 0 Å². The van der Waals surface area contributed by atoms with Crippen molar-refractivity contribution in [1.29, 1.82) is 0 Å². The number of rotatable bonds is 6. The lowest BCUT2D eigenvalue weighted by Crippen LogP contribution is -2.23. The molecule has 2 rings (SSSR count). The van der Waals surface area contributed by atoms with Gasteiger partial charge in [-0.1, -0.05) is 34.5 Å². The minimum atomic E-state index is 0.116. The van der Waals surface area contributed by atoms with Gasteiger partial charge in [0.2, 0.25) is 0 Å². The van der Waals surface area contributed by atoms with Crippen molar-refractivity contribution in [1.82, 2.24) is 15.1 Å². The first-order valence-electron chi connectivity index (χ1n) is 6.85. The van der Waals surface area contributed by atoms with Gasteiger partial charge in [0, 0.05) is 27.8 Å². The van der Waals surface area contributed by atoms with Crippen LogP contribution in [-0.2, 0) is 6.54 Å². The van der Waals surface area contributed by atoms with E-state index in [0.29, 0.717) is 0 Å². The second-order valence-corrected chi connectivity index (χ2v) is 6.07. The molecule has 2 aromatic rings. The summed E-state index contributed by atoms with van der Waals surface area (Å²) in [6.07, 6.45) is 5.09. The number of hydrogen-bond acceptors (Lipinski definition) is 2. The van der Waals surface area contributed by atoms with Crippen LogP contribution in [0.5, 0.6) is 0 Å². The summed E-state index contributed by atoms with van der Waals surface area (Å²) in [5.74, 6) is 0. The van der Waals surface area contributed by atoms with Crippen molar-refractivity contribution >= 4 is 27.5 Å². The Hall–Kier alpha value is -0.840. The minimum absolute atomic E-state index is 0.116. The smallest absolute Gasteiger partial charge is 0.0608 e. The second kappa shape index (κ2) is 7.25. The van der Waals surface area contributed by atoms with Crippen LogP contribution in [0.3, 0.4) is 0 Å². The van der Waals surface area contributed by atoms with Crippen molar-refractivity contribution in [2.24, 2.45) is 0 Å². The Morgan fingerprint density at radius 2 is 2.10 bits per heavy atom. The molecule has 20 heavy (non-hydrogen) atoms. The number of benzene rings is 1. The fourth-order valence-corrected chi connectivity index (χ4v) is 3.05. The van der Waals surface area contributed by atoms with Gasteiger partial charge in [0.15, 0.2) is 0 Å². The minimum Gasteiger partial charge on any atom is -0.306 e. The zero-order valence-electron chi connectivity index (χ0n) is 11.7. The molecule has 3 nitrogen and oxygen atoms in total. The van der Waals surface area contributed by atoms with E-state index in [9.17, 15) is 0 Å². The summed E-state index contributed by atoms with van der Waals surface area (Å²) < 4.78 is 2.93. The van der Waals surface area contributed by atoms with E-state index in [0.717, 1.165) is 40.1 Å². The zero-order valence-corrected chi connectivity index (χ0v) is 14.1. The van der Waals surface area contributed by atoms with Crippen LogP contribution in [-0.4, -0.2) is 16.3 Å². The lowest BCUT2D eigenvalue weighted by molar-refractivity contribution is 0.596. The molecule has 1 unspecified atom stereocenters. The van der Waals surface area contributed by atoms with Crippen molar-refractivity contribution in [2.45, 2.75) is 32.9 Å². The molecule has 5 heteroatoms. The molecule has 0 bridgehead atoms. The summed E-state index contributed by atoms with van der Waals surface area (Å²) in [6, 6.07) is 6.12. The molecule has 0 radical (unpaired) electrons. The number of halogens is 2. The fourth-order valence-electron chi connectivity index (χ4n) is 2.16. The SMILES string of the molecule is CCCNC(c1cc(Cl)cc(Br)c1)c1cnn(CC)c1. The Balaban J connectivity index is 2.35. The first-order chi connectivity index (χ1) is 9.63. The Labute approximate surface area is 133 Å². The van der Waals surface area contributed by atoms with Crippen LogP contribution in [0.25, 0.3) is 0 Å². The fraction of sp³-hybridized carbons (Fsp3) is 0.400. The molecule has 0 saturated carbocycles. The van der Waals surface area contributed by atoms with E-state index < -0.39 is 0 Å². The second-order valence-electron chi connectivity index (χ2n) is 4.72. The van der Waals surface area contributed by atoms with E-state index in [4.69, 9.17) is 11.6 Å². The predicted molar refractivity (Wildman–Crippen MR) is 87.2 cm³/mol. The highest BCUT2D eigenvalue weighted by Gasteiger charge is 2.16. The lowest BCUT2D eigenvalue weighted by atomic mass is 10.0. The monoisotopic (exact) mass is 355 g/mol. The molecule has 0 saturated heterocycles. The van der Waals surface area contributed by atoms with Crippen molar-refractivity contribution in [3.8, 4) is 0 Å². The summed E-state index contributed by atoms with van der Waals surface area (Å²) in [5, 5.41) is 8.66. The number of aromatic nitrogens is 2. The quantitative estimate of drug-likeness (QED) is 0.831. The van der Waals surface area contributed by atoms with Crippen LogP contribution < -0.4 is 5.32 Å². The molecular formula is C15H19BrClN3. The largest absolute Gasteiger partial charge is 0.306 e. The summed E-state index contributed by atoms with van der Waals surface area (Å²) in [7, 11) is 0. The van der Waals surface area contributed by atoms with E-state index in [1.54, 1.807) is 0 Å². The molecule has 108 valence electrons. The Bertz CT molecular complexity index is 548. The summed E-state index contributed by atoms with van der Waals surface area (Å²) in [6.45, 7) is 6.07. The third-order valence-corrected chi connectivity index (χ3v) is 3.80. The molecule has 0 spiro atoms. The average Bonchev–Trinajstić information content (AvgIpc) is 2.87. The summed E-state index contributed by atoms with van der Waals surface area (Å²) in [5.41, 5.74) is 2.31. The first-order valence-corrected chi connectivity index (χ1v) is 8.02. The van der Waals surface area contributed by atoms with Crippen molar-refractivity contribution < 1.29 is 0 Å². The molecule has 1 aromatic carbocycles. The van der Waals surface area contributed by atoms with E-state index >= 15 is 0 Å². The van der Waals surface area contributed by atoms with Crippen LogP contribution >= 0.6 is 27.5 Å². The molecule has 1 aromatic heterocycles. The van der Waals surface area contributed by atoms with Gasteiger partial charge in [0.25, 0.3) is 0 Å². The van der Waals surface area contributed by atoms with E-state index in [1.807, 2.05) is 23.0 Å². The van der Waals surface area contributed by atoms with Crippen molar-refractivity contribution in [2.75, 3.05) is 6.54 Å². The van der Waals surface area contributed by atoms with E-state index in [2.05, 4.69) is 52.5 Å². The maximum Gasteiger partial charge on any atom is 0.0608 e. The van der Waals surface area contributed by atoms with Gasteiger partial charge in [-0.2, -0.15) is 5.10 Å². The molecule has 0 amide bonds. The normalized spacial score (nSPS) is 12.6. The summed E-state index contributed by atoms with van der Waals surface area (Å²) >= 11 is 9.68. The van der Waals surface area contributed by atoms with Gasteiger partial charge in [-0.25, -0.2) is 0 Å². The maximum atomic E-state index is 6.17. The molecular weight excluding hydrogens is 338 g/mol.